The van der Waals surface area contributed by atoms with Crippen molar-refractivity contribution < 1.29 is 19.0 Å². The highest BCUT2D eigenvalue weighted by Crippen LogP contribution is 2.41. The molecule has 2 aliphatic rings. The minimum atomic E-state index is -0.101. The number of fused-ring (bicyclic) bond motifs is 2. The zero-order valence-corrected chi connectivity index (χ0v) is 16.2. The number of hydrogen-bond donors (Lipinski definition) is 1. The molecule has 0 aliphatic carbocycles. The number of benzene rings is 2. The van der Waals surface area contributed by atoms with E-state index in [0.717, 1.165) is 40.9 Å². The minimum absolute atomic E-state index is 0.101. The topological polar surface area (TPSA) is 63.8 Å². The summed E-state index contributed by atoms with van der Waals surface area (Å²) in [5.41, 5.74) is 3.44. The molecule has 0 saturated carbocycles. The van der Waals surface area contributed by atoms with Crippen LogP contribution < -0.4 is 9.47 Å². The van der Waals surface area contributed by atoms with Crippen LogP contribution in [0.5, 0.6) is 11.5 Å². The van der Waals surface area contributed by atoms with Gasteiger partial charge in [-0.1, -0.05) is 18.2 Å². The summed E-state index contributed by atoms with van der Waals surface area (Å²) >= 11 is 0. The summed E-state index contributed by atoms with van der Waals surface area (Å²) in [5.74, 6) is 1.57. The van der Waals surface area contributed by atoms with Gasteiger partial charge in [0.05, 0.1) is 31.5 Å². The molecule has 0 bridgehead atoms. The van der Waals surface area contributed by atoms with E-state index in [9.17, 15) is 4.79 Å². The molecule has 6 heteroatoms. The molecule has 29 heavy (non-hydrogen) atoms. The van der Waals surface area contributed by atoms with Crippen LogP contribution in [0.4, 0.5) is 0 Å². The maximum Gasteiger partial charge on any atom is 0.231 e. The maximum atomic E-state index is 13.0. The summed E-state index contributed by atoms with van der Waals surface area (Å²) < 4.78 is 17.1. The predicted molar refractivity (Wildman–Crippen MR) is 110 cm³/mol. The van der Waals surface area contributed by atoms with Crippen molar-refractivity contribution in [2.24, 2.45) is 0 Å². The fourth-order valence-corrected chi connectivity index (χ4v) is 3.97. The molecule has 1 N–H and O–H groups in total. The van der Waals surface area contributed by atoms with Crippen LogP contribution in [0.25, 0.3) is 17.0 Å². The van der Waals surface area contributed by atoms with E-state index in [-0.39, 0.29) is 5.78 Å². The Morgan fingerprint density at radius 1 is 1.17 bits per heavy atom. The van der Waals surface area contributed by atoms with Crippen LogP contribution in [0, 0.1) is 0 Å². The third kappa shape index (κ3) is 3.20. The molecule has 5 rings (SSSR count). The Hall–Kier alpha value is -3.09. The van der Waals surface area contributed by atoms with Crippen LogP contribution in [0.15, 0.2) is 48.4 Å². The summed E-state index contributed by atoms with van der Waals surface area (Å²) in [7, 11) is 1.64. The van der Waals surface area contributed by atoms with Crippen molar-refractivity contribution in [1.29, 1.82) is 0 Å². The van der Waals surface area contributed by atoms with Crippen molar-refractivity contribution in [1.82, 2.24) is 9.88 Å². The first-order chi connectivity index (χ1) is 14.2. The zero-order valence-electron chi connectivity index (χ0n) is 16.2. The van der Waals surface area contributed by atoms with Crippen molar-refractivity contribution in [2.45, 2.75) is 6.54 Å². The standard InChI is InChI=1S/C23H22N2O4/c1-27-20-7-6-17-22(26)21(12-15-13-24-19-5-3-2-4-16(15)19)29-23(17)18(20)14-25-8-10-28-11-9-25/h2-7,12-13,24H,8-11,14H2,1H3. The largest absolute Gasteiger partial charge is 0.496 e. The van der Waals surface area contributed by atoms with Gasteiger partial charge in [-0.2, -0.15) is 0 Å². The van der Waals surface area contributed by atoms with Crippen LogP contribution >= 0.6 is 0 Å². The van der Waals surface area contributed by atoms with Gasteiger partial charge >= 0.3 is 0 Å². The normalized spacial score (nSPS) is 18.2. The van der Waals surface area contributed by atoms with Crippen LogP contribution in [0.1, 0.15) is 21.5 Å². The summed E-state index contributed by atoms with van der Waals surface area (Å²) in [5, 5.41) is 1.05. The highest BCUT2D eigenvalue weighted by atomic mass is 16.5. The number of Topliss-reactive ketones (excluding diaryl/α,β-unsaturated/α-hetero) is 1. The summed E-state index contributed by atoms with van der Waals surface area (Å²) in [6.45, 7) is 3.77. The van der Waals surface area contributed by atoms with Gasteiger partial charge in [-0.3, -0.25) is 9.69 Å². The van der Waals surface area contributed by atoms with Gasteiger partial charge in [0.25, 0.3) is 0 Å². The number of carbonyl (C=O) groups is 1. The second-order valence-corrected chi connectivity index (χ2v) is 7.24. The Labute approximate surface area is 168 Å². The molecule has 0 amide bonds. The average Bonchev–Trinajstić information content (AvgIpc) is 3.31. The number of nitrogens with zero attached hydrogens (tertiary/aromatic N) is 1. The van der Waals surface area contributed by atoms with Crippen molar-refractivity contribution in [3.8, 4) is 11.5 Å². The molecule has 6 nitrogen and oxygen atoms in total. The molecule has 3 aromatic rings. The molecular weight excluding hydrogens is 368 g/mol. The Kier molecular flexibility index (Phi) is 4.58. The molecule has 0 unspecified atom stereocenters. The number of ether oxygens (including phenoxy) is 3. The predicted octanol–water partition coefficient (Wildman–Crippen LogP) is 3.62. The molecule has 0 radical (unpaired) electrons. The lowest BCUT2D eigenvalue weighted by molar-refractivity contribution is 0.0336. The van der Waals surface area contributed by atoms with E-state index in [1.54, 1.807) is 13.2 Å². The van der Waals surface area contributed by atoms with Crippen molar-refractivity contribution in [3.63, 3.8) is 0 Å². The number of hydrogen-bond acceptors (Lipinski definition) is 5. The number of carbonyl (C=O) groups excluding carboxylic acids is 1. The van der Waals surface area contributed by atoms with Crippen LogP contribution in [0.2, 0.25) is 0 Å². The molecule has 2 aromatic carbocycles. The number of ketones is 1. The molecule has 2 aliphatic heterocycles. The maximum absolute atomic E-state index is 13.0. The van der Waals surface area contributed by atoms with E-state index >= 15 is 0 Å². The first kappa shape index (κ1) is 18.0. The van der Waals surface area contributed by atoms with Gasteiger partial charge in [-0.25, -0.2) is 0 Å². The van der Waals surface area contributed by atoms with Crippen LogP contribution in [-0.2, 0) is 11.3 Å². The lowest BCUT2D eigenvalue weighted by atomic mass is 10.0. The van der Waals surface area contributed by atoms with Gasteiger partial charge < -0.3 is 19.2 Å². The monoisotopic (exact) mass is 390 g/mol. The number of aromatic nitrogens is 1. The van der Waals surface area contributed by atoms with Crippen molar-refractivity contribution in [2.75, 3.05) is 33.4 Å². The SMILES string of the molecule is COc1ccc2c(c1CN1CCOCC1)OC(=Cc1c[nH]c3ccccc13)C2=O. The fourth-order valence-electron chi connectivity index (χ4n) is 3.97. The van der Waals surface area contributed by atoms with Crippen molar-refractivity contribution in [3.05, 3.63) is 65.0 Å². The van der Waals surface area contributed by atoms with Gasteiger partial charge in [-0.05, 0) is 24.3 Å². The van der Waals surface area contributed by atoms with E-state index in [1.165, 1.54) is 0 Å². The number of methoxy groups -OCH3 is 1. The lowest BCUT2D eigenvalue weighted by Crippen LogP contribution is -2.35. The molecule has 0 atom stereocenters. The van der Waals surface area contributed by atoms with E-state index in [1.807, 2.05) is 42.6 Å². The zero-order chi connectivity index (χ0) is 19.8. The third-order valence-electron chi connectivity index (χ3n) is 5.51. The first-order valence-electron chi connectivity index (χ1n) is 9.75. The number of aromatic amines is 1. The number of para-hydroxylation sites is 1. The summed E-state index contributed by atoms with van der Waals surface area (Å²) in [6.07, 6.45) is 3.71. The van der Waals surface area contributed by atoms with Crippen LogP contribution in [0.3, 0.4) is 0 Å². The number of H-pyrrole nitrogens is 1. The highest BCUT2D eigenvalue weighted by Gasteiger charge is 2.32. The third-order valence-corrected chi connectivity index (χ3v) is 5.51. The van der Waals surface area contributed by atoms with E-state index in [4.69, 9.17) is 14.2 Å². The molecule has 0 spiro atoms. The molecule has 148 valence electrons. The van der Waals surface area contributed by atoms with E-state index in [2.05, 4.69) is 9.88 Å². The Morgan fingerprint density at radius 3 is 2.83 bits per heavy atom. The molecule has 1 aromatic heterocycles. The average molecular weight is 390 g/mol. The molecule has 1 fully saturated rings. The van der Waals surface area contributed by atoms with E-state index in [0.29, 0.717) is 36.8 Å². The van der Waals surface area contributed by atoms with E-state index < -0.39 is 0 Å². The first-order valence-corrected chi connectivity index (χ1v) is 9.75. The van der Waals surface area contributed by atoms with Crippen LogP contribution in [-0.4, -0.2) is 49.1 Å². The quantitative estimate of drug-likeness (QED) is 0.690. The number of morpholine rings is 1. The van der Waals surface area contributed by atoms with Gasteiger partial charge in [-0.15, -0.1) is 0 Å². The smallest absolute Gasteiger partial charge is 0.231 e. The molecule has 1 saturated heterocycles. The Morgan fingerprint density at radius 2 is 2.00 bits per heavy atom. The van der Waals surface area contributed by atoms with Gasteiger partial charge in [0, 0.05) is 42.3 Å². The van der Waals surface area contributed by atoms with Crippen molar-refractivity contribution >= 4 is 22.8 Å². The fraction of sp³-hybridized carbons (Fsp3) is 0.261. The number of allylic oxidation sites excluding steroid dienone is 1. The highest BCUT2D eigenvalue weighted by molar-refractivity contribution is 6.15. The number of rotatable bonds is 4. The second-order valence-electron chi connectivity index (χ2n) is 7.24. The van der Waals surface area contributed by atoms with Gasteiger partial charge in [0.15, 0.2) is 5.76 Å². The van der Waals surface area contributed by atoms with Gasteiger partial charge in [0.1, 0.15) is 11.5 Å². The number of nitrogens with one attached hydrogen (secondary N) is 1. The lowest BCUT2D eigenvalue weighted by Gasteiger charge is -2.27. The van der Waals surface area contributed by atoms with Gasteiger partial charge in [0.2, 0.25) is 5.78 Å². The molecular formula is C23H22N2O4. The summed E-state index contributed by atoms with van der Waals surface area (Å²) in [6, 6.07) is 11.6. The minimum Gasteiger partial charge on any atom is -0.496 e. The Bertz CT molecular complexity index is 1110. The Balaban J connectivity index is 1.52. The summed E-state index contributed by atoms with van der Waals surface area (Å²) in [4.78, 5) is 18.5. The molecule has 3 heterocycles. The second kappa shape index (κ2) is 7.39.